The van der Waals surface area contributed by atoms with Crippen LogP contribution in [0.3, 0.4) is 0 Å². The van der Waals surface area contributed by atoms with Crippen LogP contribution in [0.25, 0.3) is 0 Å². The fourth-order valence-corrected chi connectivity index (χ4v) is 7.05. The Morgan fingerprint density at radius 2 is 1.34 bits per heavy atom. The van der Waals surface area contributed by atoms with E-state index in [0.29, 0.717) is 25.1 Å². The highest BCUT2D eigenvalue weighted by molar-refractivity contribution is 7.91. The molecule has 1 aliphatic heterocycles. The largest absolute Gasteiger partial charge is 0.340 e. The molecule has 1 aliphatic rings. The van der Waals surface area contributed by atoms with Gasteiger partial charge >= 0.3 is 0 Å². The van der Waals surface area contributed by atoms with Crippen LogP contribution in [0.1, 0.15) is 48.8 Å². The van der Waals surface area contributed by atoms with Crippen molar-refractivity contribution in [2.45, 2.75) is 54.4 Å². The number of nitrogens with zero attached hydrogens (tertiary/aromatic N) is 2. The quantitative estimate of drug-likeness (QED) is 0.277. The lowest BCUT2D eigenvalue weighted by molar-refractivity contribution is -0.133. The third kappa shape index (κ3) is 9.32. The number of sulfone groups is 2. The van der Waals surface area contributed by atoms with Crippen LogP contribution in [0.4, 0.5) is 8.78 Å². The molecule has 1 amide bonds. The third-order valence-corrected chi connectivity index (χ3v) is 10.4. The second kappa shape index (κ2) is 14.9. The first-order chi connectivity index (χ1) is 20.2. The molecule has 44 heavy (non-hydrogen) atoms. The zero-order chi connectivity index (χ0) is 31.4. The van der Waals surface area contributed by atoms with Gasteiger partial charge in [-0.15, -0.1) is 12.4 Å². The molecule has 0 aromatic heterocycles. The average molecular weight is 669 g/mol. The second-order valence-corrected chi connectivity index (χ2v) is 15.3. The maximum atomic E-state index is 14.2. The van der Waals surface area contributed by atoms with Crippen LogP contribution < -0.4 is 0 Å². The van der Waals surface area contributed by atoms with E-state index in [1.54, 1.807) is 24.3 Å². The number of halogens is 3. The van der Waals surface area contributed by atoms with Crippen molar-refractivity contribution in [3.8, 4) is 0 Å². The van der Waals surface area contributed by atoms with Gasteiger partial charge in [0.2, 0.25) is 5.91 Å². The zero-order valence-corrected chi connectivity index (χ0v) is 27.5. The molecule has 0 spiro atoms. The van der Waals surface area contributed by atoms with Gasteiger partial charge in [-0.1, -0.05) is 24.3 Å². The summed E-state index contributed by atoms with van der Waals surface area (Å²) in [6, 6.07) is 16.4. The Kier molecular flexibility index (Phi) is 12.1. The minimum Gasteiger partial charge on any atom is -0.340 e. The average Bonchev–Trinajstić information content (AvgIpc) is 2.93. The van der Waals surface area contributed by atoms with Crippen molar-refractivity contribution < 1.29 is 30.4 Å². The summed E-state index contributed by atoms with van der Waals surface area (Å²) in [5.41, 5.74) is 2.03. The second-order valence-electron chi connectivity index (χ2n) is 11.2. The molecule has 0 bridgehead atoms. The highest BCUT2D eigenvalue weighted by Gasteiger charge is 2.28. The van der Waals surface area contributed by atoms with Gasteiger partial charge in [0.1, 0.15) is 11.6 Å². The summed E-state index contributed by atoms with van der Waals surface area (Å²) in [5.74, 6) is -1.66. The van der Waals surface area contributed by atoms with Gasteiger partial charge in [-0.05, 0) is 85.8 Å². The molecule has 1 atom stereocenters. The van der Waals surface area contributed by atoms with Gasteiger partial charge in [-0.25, -0.2) is 25.6 Å². The summed E-state index contributed by atoms with van der Waals surface area (Å²) >= 11 is 0. The van der Waals surface area contributed by atoms with Crippen molar-refractivity contribution >= 4 is 38.0 Å². The lowest BCUT2D eigenvalue weighted by Gasteiger charge is -2.38. The number of carbonyl (C=O) groups is 1. The molecule has 0 N–H and O–H groups in total. The fraction of sp³-hybridized carbons (Fsp3) is 0.406. The van der Waals surface area contributed by atoms with Gasteiger partial charge < -0.3 is 9.80 Å². The van der Waals surface area contributed by atoms with E-state index in [1.807, 2.05) is 11.8 Å². The molecule has 0 saturated carbocycles. The SMILES string of the molecule is CCN(C(=O)Cc1ccc(S(C)(=O)=O)cc1)C1CCN(CC[C@H](c2ccc(S(C)(=O)=O)cc2)c2cc(F)cc(F)c2)CC1.Cl. The van der Waals surface area contributed by atoms with Gasteiger partial charge in [0.15, 0.2) is 19.7 Å². The van der Waals surface area contributed by atoms with Crippen LogP contribution in [0.2, 0.25) is 0 Å². The molecule has 0 radical (unpaired) electrons. The molecule has 1 fully saturated rings. The van der Waals surface area contributed by atoms with E-state index >= 15 is 0 Å². The highest BCUT2D eigenvalue weighted by atomic mass is 35.5. The summed E-state index contributed by atoms with van der Waals surface area (Å²) in [7, 11) is -6.68. The van der Waals surface area contributed by atoms with E-state index in [9.17, 15) is 30.4 Å². The number of piperidine rings is 1. The number of hydrogen-bond acceptors (Lipinski definition) is 6. The van der Waals surface area contributed by atoms with Crippen molar-refractivity contribution in [2.75, 3.05) is 38.7 Å². The van der Waals surface area contributed by atoms with Gasteiger partial charge in [0.05, 0.1) is 16.2 Å². The molecule has 12 heteroatoms. The normalized spacial score (nSPS) is 15.4. The van der Waals surface area contributed by atoms with Gasteiger partial charge in [0, 0.05) is 50.2 Å². The zero-order valence-electron chi connectivity index (χ0n) is 25.1. The Morgan fingerprint density at radius 1 is 0.841 bits per heavy atom. The Morgan fingerprint density at radius 3 is 1.82 bits per heavy atom. The van der Waals surface area contributed by atoms with Crippen molar-refractivity contribution in [3.05, 3.63) is 95.1 Å². The number of likely N-dealkylation sites (N-methyl/N-ethyl adjacent to an activating group) is 1. The number of benzene rings is 3. The molecule has 4 rings (SSSR count). The molecule has 3 aromatic carbocycles. The van der Waals surface area contributed by atoms with Crippen LogP contribution >= 0.6 is 12.4 Å². The minimum atomic E-state index is -3.38. The topological polar surface area (TPSA) is 91.8 Å². The fourth-order valence-electron chi connectivity index (χ4n) is 5.78. The number of rotatable bonds is 11. The molecular formula is C32H39ClF2N2O5S2. The molecule has 0 aliphatic carbocycles. The van der Waals surface area contributed by atoms with Gasteiger partial charge in [0.25, 0.3) is 0 Å². The molecule has 1 heterocycles. The van der Waals surface area contributed by atoms with Crippen LogP contribution in [-0.4, -0.2) is 77.3 Å². The maximum absolute atomic E-state index is 14.2. The minimum absolute atomic E-state index is 0. The van der Waals surface area contributed by atoms with E-state index in [-0.39, 0.29) is 46.5 Å². The molecule has 1 saturated heterocycles. The smallest absolute Gasteiger partial charge is 0.227 e. The summed E-state index contributed by atoms with van der Waals surface area (Å²) in [5, 5.41) is 0. The number of likely N-dealkylation sites (tertiary alicyclic amines) is 1. The number of hydrogen-bond donors (Lipinski definition) is 0. The molecule has 7 nitrogen and oxygen atoms in total. The Hall–Kier alpha value is -2.86. The van der Waals surface area contributed by atoms with Crippen molar-refractivity contribution in [2.24, 2.45) is 0 Å². The van der Waals surface area contributed by atoms with E-state index in [2.05, 4.69) is 4.90 Å². The van der Waals surface area contributed by atoms with Crippen LogP contribution in [0, 0.1) is 11.6 Å². The number of carbonyl (C=O) groups excluding carboxylic acids is 1. The maximum Gasteiger partial charge on any atom is 0.227 e. The Balaban J connectivity index is 0.00000529. The molecule has 240 valence electrons. The highest BCUT2D eigenvalue weighted by Crippen LogP contribution is 2.31. The Bertz CT molecular complexity index is 1620. The first-order valence-electron chi connectivity index (χ1n) is 14.3. The van der Waals surface area contributed by atoms with Crippen molar-refractivity contribution in [3.63, 3.8) is 0 Å². The third-order valence-electron chi connectivity index (χ3n) is 8.10. The van der Waals surface area contributed by atoms with E-state index < -0.39 is 31.3 Å². The van der Waals surface area contributed by atoms with Crippen LogP contribution in [-0.2, 0) is 30.9 Å². The molecule has 0 unspecified atom stereocenters. The summed E-state index contributed by atoms with van der Waals surface area (Å²) in [6.07, 6.45) is 4.63. The lowest BCUT2D eigenvalue weighted by Crippen LogP contribution is -2.48. The van der Waals surface area contributed by atoms with Crippen molar-refractivity contribution in [1.29, 1.82) is 0 Å². The monoisotopic (exact) mass is 668 g/mol. The van der Waals surface area contributed by atoms with Gasteiger partial charge in [-0.2, -0.15) is 0 Å². The standard InChI is InChI=1S/C32H38F2N2O5S2.ClH/c1-4-36(32(37)19-23-5-9-29(10-6-23)42(2,38)39)28-13-16-35(17-14-28)18-15-31(25-20-26(33)22-27(34)21-25)24-7-11-30(12-8-24)43(3,40)41;/h5-12,20-22,28,31H,4,13-19H2,1-3H3;1H/t31-;/m1./s1. The Labute approximate surface area is 265 Å². The summed E-state index contributed by atoms with van der Waals surface area (Å²) in [4.78, 5) is 17.8. The first-order valence-corrected chi connectivity index (χ1v) is 18.1. The number of amides is 1. The molecular weight excluding hydrogens is 630 g/mol. The van der Waals surface area contributed by atoms with Gasteiger partial charge in [-0.3, -0.25) is 4.79 Å². The van der Waals surface area contributed by atoms with E-state index in [0.717, 1.165) is 55.6 Å². The molecule has 3 aromatic rings. The summed E-state index contributed by atoms with van der Waals surface area (Å²) in [6.45, 7) is 4.70. The van der Waals surface area contributed by atoms with Crippen LogP contribution in [0.5, 0.6) is 0 Å². The predicted molar refractivity (Wildman–Crippen MR) is 170 cm³/mol. The summed E-state index contributed by atoms with van der Waals surface area (Å²) < 4.78 is 75.6. The first kappa shape index (κ1) is 35.6. The van der Waals surface area contributed by atoms with E-state index in [4.69, 9.17) is 0 Å². The lowest BCUT2D eigenvalue weighted by atomic mass is 9.88. The van der Waals surface area contributed by atoms with Crippen LogP contribution in [0.15, 0.2) is 76.5 Å². The van der Waals surface area contributed by atoms with Crippen molar-refractivity contribution in [1.82, 2.24) is 9.80 Å². The predicted octanol–water partition coefficient (Wildman–Crippen LogP) is 5.27. The van der Waals surface area contributed by atoms with E-state index in [1.165, 1.54) is 36.4 Å².